The molecule has 4 nitrogen and oxygen atoms in total. The molecule has 1 unspecified atom stereocenters. The van der Waals surface area contributed by atoms with Gasteiger partial charge in [-0.25, -0.2) is 0 Å². The van der Waals surface area contributed by atoms with Crippen molar-refractivity contribution in [2.24, 2.45) is 0 Å². The number of hydrogen-bond donors (Lipinski definition) is 1. The molecule has 0 spiro atoms. The van der Waals surface area contributed by atoms with E-state index >= 15 is 0 Å². The monoisotopic (exact) mass is 243 g/mol. The fraction of sp³-hybridized carbons (Fsp3) is 0.357. The molecule has 0 aliphatic heterocycles. The minimum atomic E-state index is -0.655. The molecule has 1 atom stereocenters. The van der Waals surface area contributed by atoms with Crippen LogP contribution in [0, 0.1) is 6.92 Å². The molecule has 2 aromatic heterocycles. The molecule has 0 fully saturated rings. The minimum Gasteiger partial charge on any atom is -0.386 e. The lowest BCUT2D eigenvalue weighted by atomic mass is 10.1. The first kappa shape index (κ1) is 12.6. The van der Waals surface area contributed by atoms with Crippen molar-refractivity contribution in [2.45, 2.75) is 32.8 Å². The van der Waals surface area contributed by atoms with Crippen LogP contribution in [0.4, 0.5) is 0 Å². The first-order valence-corrected chi connectivity index (χ1v) is 6.09. The number of rotatable bonds is 4. The van der Waals surface area contributed by atoms with Gasteiger partial charge in [-0.3, -0.25) is 15.0 Å². The summed E-state index contributed by atoms with van der Waals surface area (Å²) in [5.74, 6) is 0. The van der Waals surface area contributed by atoms with Gasteiger partial charge in [0.15, 0.2) is 0 Å². The second-order valence-electron chi connectivity index (χ2n) is 4.31. The van der Waals surface area contributed by atoms with Gasteiger partial charge >= 0.3 is 0 Å². The number of hydrogen-bond acceptors (Lipinski definition) is 4. The Morgan fingerprint density at radius 2 is 1.94 bits per heavy atom. The van der Waals surface area contributed by atoms with Gasteiger partial charge in [0.05, 0.1) is 17.6 Å². The molecule has 0 bridgehead atoms. The molecule has 2 rings (SSSR count). The average molecular weight is 243 g/mol. The van der Waals surface area contributed by atoms with E-state index in [1.54, 1.807) is 12.4 Å². The zero-order valence-electron chi connectivity index (χ0n) is 10.7. The molecule has 0 saturated carbocycles. The van der Waals surface area contributed by atoms with E-state index in [0.717, 1.165) is 17.8 Å². The third kappa shape index (κ3) is 3.11. The molecule has 0 amide bonds. The van der Waals surface area contributed by atoms with Gasteiger partial charge in [0, 0.05) is 24.5 Å². The summed E-state index contributed by atoms with van der Waals surface area (Å²) in [5.41, 5.74) is 3.49. The van der Waals surface area contributed by atoms with E-state index in [-0.39, 0.29) is 0 Å². The third-order valence-corrected chi connectivity index (χ3v) is 2.84. The lowest BCUT2D eigenvalue weighted by molar-refractivity contribution is 0.172. The largest absolute Gasteiger partial charge is 0.386 e. The van der Waals surface area contributed by atoms with E-state index in [1.807, 2.05) is 25.3 Å². The Balaban J connectivity index is 2.05. The van der Waals surface area contributed by atoms with E-state index in [0.29, 0.717) is 12.1 Å². The molecular formula is C14H17N3O. The van der Waals surface area contributed by atoms with E-state index in [9.17, 15) is 5.11 Å². The number of aromatic nitrogens is 3. The number of nitrogens with zero attached hydrogens (tertiary/aromatic N) is 3. The highest BCUT2D eigenvalue weighted by atomic mass is 16.3. The van der Waals surface area contributed by atoms with Crippen molar-refractivity contribution < 1.29 is 5.11 Å². The Kier molecular flexibility index (Phi) is 3.99. The van der Waals surface area contributed by atoms with Crippen molar-refractivity contribution in [1.82, 2.24) is 15.0 Å². The van der Waals surface area contributed by atoms with Crippen LogP contribution >= 0.6 is 0 Å². The fourth-order valence-electron chi connectivity index (χ4n) is 1.66. The highest BCUT2D eigenvalue weighted by molar-refractivity contribution is 5.16. The maximum absolute atomic E-state index is 10.0. The smallest absolute Gasteiger partial charge is 0.103 e. The van der Waals surface area contributed by atoms with Gasteiger partial charge in [0.1, 0.15) is 6.10 Å². The van der Waals surface area contributed by atoms with Crippen LogP contribution in [-0.4, -0.2) is 20.1 Å². The topological polar surface area (TPSA) is 58.9 Å². The van der Waals surface area contributed by atoms with E-state index in [4.69, 9.17) is 0 Å². The van der Waals surface area contributed by atoms with Crippen LogP contribution in [0.2, 0.25) is 0 Å². The van der Waals surface area contributed by atoms with Crippen LogP contribution < -0.4 is 0 Å². The first-order valence-electron chi connectivity index (χ1n) is 6.09. The summed E-state index contributed by atoms with van der Waals surface area (Å²) in [6, 6.07) is 3.99. The molecule has 1 N–H and O–H groups in total. The lowest BCUT2D eigenvalue weighted by Gasteiger charge is -2.09. The second kappa shape index (κ2) is 5.69. The summed E-state index contributed by atoms with van der Waals surface area (Å²) in [4.78, 5) is 12.6. The van der Waals surface area contributed by atoms with Crippen LogP contribution in [0.3, 0.4) is 0 Å². The molecule has 2 heterocycles. The molecule has 0 saturated heterocycles. The summed E-state index contributed by atoms with van der Waals surface area (Å²) in [7, 11) is 0. The van der Waals surface area contributed by atoms with Crippen LogP contribution in [0.5, 0.6) is 0 Å². The third-order valence-electron chi connectivity index (χ3n) is 2.84. The number of pyridine rings is 1. The van der Waals surface area contributed by atoms with Crippen molar-refractivity contribution in [3.8, 4) is 0 Å². The first-order chi connectivity index (χ1) is 8.69. The number of aliphatic hydroxyl groups is 1. The molecule has 18 heavy (non-hydrogen) atoms. The van der Waals surface area contributed by atoms with E-state index in [1.165, 1.54) is 5.56 Å². The molecule has 0 aliphatic rings. The van der Waals surface area contributed by atoms with Crippen molar-refractivity contribution in [3.05, 3.63) is 53.4 Å². The standard InChI is InChI=1S/C14H17N3O/c1-3-11-4-5-12(16-8-11)6-14(18)13-9-15-10(2)7-17-13/h4-5,7-9,14,18H,3,6H2,1-2H3. The Hall–Kier alpha value is -1.81. The van der Waals surface area contributed by atoms with Crippen molar-refractivity contribution in [3.63, 3.8) is 0 Å². The molecule has 94 valence electrons. The number of aliphatic hydroxyl groups excluding tert-OH is 1. The molecule has 0 aromatic carbocycles. The van der Waals surface area contributed by atoms with Crippen molar-refractivity contribution in [1.29, 1.82) is 0 Å². The molecular weight excluding hydrogens is 226 g/mol. The van der Waals surface area contributed by atoms with Crippen molar-refractivity contribution in [2.75, 3.05) is 0 Å². The number of aryl methyl sites for hydroxylation is 2. The van der Waals surface area contributed by atoms with Gasteiger partial charge in [-0.15, -0.1) is 0 Å². The highest BCUT2D eigenvalue weighted by Gasteiger charge is 2.11. The molecule has 2 aromatic rings. The highest BCUT2D eigenvalue weighted by Crippen LogP contribution is 2.14. The van der Waals surface area contributed by atoms with Gasteiger partial charge in [0.2, 0.25) is 0 Å². The molecule has 0 aliphatic carbocycles. The fourth-order valence-corrected chi connectivity index (χ4v) is 1.66. The summed E-state index contributed by atoms with van der Waals surface area (Å²) in [6.07, 6.45) is 5.90. The molecule has 0 radical (unpaired) electrons. The van der Waals surface area contributed by atoms with Gasteiger partial charge < -0.3 is 5.11 Å². The van der Waals surface area contributed by atoms with E-state index < -0.39 is 6.10 Å². The van der Waals surface area contributed by atoms with Gasteiger partial charge in [-0.05, 0) is 25.0 Å². The van der Waals surface area contributed by atoms with Crippen LogP contribution in [-0.2, 0) is 12.8 Å². The van der Waals surface area contributed by atoms with Crippen molar-refractivity contribution >= 4 is 0 Å². The summed E-state index contributed by atoms with van der Waals surface area (Å²) in [6.45, 7) is 3.96. The van der Waals surface area contributed by atoms with Gasteiger partial charge in [0.25, 0.3) is 0 Å². The maximum atomic E-state index is 10.0. The average Bonchev–Trinajstić information content (AvgIpc) is 2.40. The zero-order chi connectivity index (χ0) is 13.0. The predicted molar refractivity (Wildman–Crippen MR) is 69.0 cm³/mol. The predicted octanol–water partition coefficient (Wildman–Crippen LogP) is 2.02. The van der Waals surface area contributed by atoms with Crippen LogP contribution in [0.15, 0.2) is 30.7 Å². The van der Waals surface area contributed by atoms with Crippen LogP contribution in [0.1, 0.15) is 35.7 Å². The maximum Gasteiger partial charge on any atom is 0.103 e. The van der Waals surface area contributed by atoms with Gasteiger partial charge in [-0.2, -0.15) is 0 Å². The zero-order valence-corrected chi connectivity index (χ0v) is 10.7. The second-order valence-corrected chi connectivity index (χ2v) is 4.31. The Morgan fingerprint density at radius 1 is 1.11 bits per heavy atom. The Labute approximate surface area is 107 Å². The quantitative estimate of drug-likeness (QED) is 0.892. The normalized spacial score (nSPS) is 12.4. The summed E-state index contributed by atoms with van der Waals surface area (Å²) < 4.78 is 0. The summed E-state index contributed by atoms with van der Waals surface area (Å²) in [5, 5.41) is 10.0. The van der Waals surface area contributed by atoms with Crippen LogP contribution in [0.25, 0.3) is 0 Å². The SMILES string of the molecule is CCc1ccc(CC(O)c2cnc(C)cn2)nc1. The molecule has 4 heteroatoms. The summed E-state index contributed by atoms with van der Waals surface area (Å²) >= 11 is 0. The Bertz CT molecular complexity index is 493. The van der Waals surface area contributed by atoms with E-state index in [2.05, 4.69) is 21.9 Å². The Morgan fingerprint density at radius 3 is 2.50 bits per heavy atom. The lowest BCUT2D eigenvalue weighted by Crippen LogP contribution is -2.06. The minimum absolute atomic E-state index is 0.460. The van der Waals surface area contributed by atoms with Gasteiger partial charge in [-0.1, -0.05) is 13.0 Å².